The molecule has 2 aromatic rings. The van der Waals surface area contributed by atoms with Crippen molar-refractivity contribution in [3.05, 3.63) is 58.3 Å². The third-order valence-electron chi connectivity index (χ3n) is 4.26. The summed E-state index contributed by atoms with van der Waals surface area (Å²) in [5.74, 6) is 0. The maximum atomic E-state index is 11.7. The summed E-state index contributed by atoms with van der Waals surface area (Å²) in [6, 6.07) is 5.80. The van der Waals surface area contributed by atoms with Gasteiger partial charge in [-0.1, -0.05) is 13.0 Å². The second-order valence-corrected chi connectivity index (χ2v) is 5.71. The molecule has 112 valence electrons. The number of aromatic nitrogens is 2. The molecule has 0 radical (unpaired) electrons. The zero-order valence-corrected chi connectivity index (χ0v) is 12.6. The zero-order chi connectivity index (χ0) is 14.7. The van der Waals surface area contributed by atoms with Gasteiger partial charge < -0.3 is 14.5 Å². The Hall–Kier alpha value is -1.81. The molecule has 3 rings (SSSR count). The van der Waals surface area contributed by atoms with Crippen LogP contribution in [0.15, 0.2) is 41.6 Å². The first-order valence-corrected chi connectivity index (χ1v) is 7.85. The van der Waals surface area contributed by atoms with Gasteiger partial charge >= 0.3 is 0 Å². The van der Waals surface area contributed by atoms with E-state index in [2.05, 4.69) is 29.2 Å². The lowest BCUT2D eigenvalue weighted by atomic mass is 9.91. The minimum atomic E-state index is 0.0694. The smallest absolute Gasteiger partial charge is 0.250 e. The largest absolute Gasteiger partial charge is 0.352 e. The fourth-order valence-electron chi connectivity index (χ4n) is 3.20. The Kier molecular flexibility index (Phi) is 4.25. The summed E-state index contributed by atoms with van der Waals surface area (Å²) in [7, 11) is 0. The molecular weight excluding hydrogens is 262 g/mol. The fraction of sp³-hybridized carbons (Fsp3) is 0.471. The third kappa shape index (κ3) is 3.10. The summed E-state index contributed by atoms with van der Waals surface area (Å²) < 4.78 is 4.00. The molecule has 0 saturated heterocycles. The van der Waals surface area contributed by atoms with Gasteiger partial charge in [0.25, 0.3) is 5.56 Å². The zero-order valence-electron chi connectivity index (χ0n) is 12.6. The summed E-state index contributed by atoms with van der Waals surface area (Å²) in [4.78, 5) is 11.7. The van der Waals surface area contributed by atoms with Crippen molar-refractivity contribution < 1.29 is 0 Å². The highest BCUT2D eigenvalue weighted by molar-refractivity contribution is 5.30. The van der Waals surface area contributed by atoms with E-state index in [0.717, 1.165) is 19.6 Å². The molecule has 1 aliphatic carbocycles. The van der Waals surface area contributed by atoms with Crippen LogP contribution in [0.5, 0.6) is 0 Å². The molecule has 0 aliphatic heterocycles. The van der Waals surface area contributed by atoms with Gasteiger partial charge in [0.2, 0.25) is 0 Å². The van der Waals surface area contributed by atoms with Gasteiger partial charge in [0.1, 0.15) is 0 Å². The number of hydrogen-bond donors (Lipinski definition) is 1. The van der Waals surface area contributed by atoms with E-state index in [9.17, 15) is 4.79 Å². The van der Waals surface area contributed by atoms with Crippen LogP contribution < -0.4 is 10.9 Å². The molecule has 1 atom stereocenters. The van der Waals surface area contributed by atoms with Gasteiger partial charge in [-0.15, -0.1) is 0 Å². The van der Waals surface area contributed by atoms with Crippen LogP contribution in [0.25, 0.3) is 0 Å². The number of hydrogen-bond acceptors (Lipinski definition) is 2. The summed E-state index contributed by atoms with van der Waals surface area (Å²) >= 11 is 0. The van der Waals surface area contributed by atoms with Gasteiger partial charge in [0.05, 0.1) is 0 Å². The van der Waals surface area contributed by atoms with Gasteiger partial charge in [-0.05, 0) is 43.0 Å². The summed E-state index contributed by atoms with van der Waals surface area (Å²) in [5, 5.41) is 3.57. The van der Waals surface area contributed by atoms with Crippen LogP contribution >= 0.6 is 0 Å². The van der Waals surface area contributed by atoms with E-state index in [0.29, 0.717) is 6.04 Å². The van der Waals surface area contributed by atoms with Gasteiger partial charge in [-0.3, -0.25) is 4.79 Å². The van der Waals surface area contributed by atoms with Crippen LogP contribution in [0.4, 0.5) is 0 Å². The van der Waals surface area contributed by atoms with Crippen LogP contribution in [0.1, 0.15) is 36.9 Å². The molecule has 1 unspecified atom stereocenters. The lowest BCUT2D eigenvalue weighted by Gasteiger charge is -2.22. The molecule has 0 fully saturated rings. The second kappa shape index (κ2) is 6.31. The minimum absolute atomic E-state index is 0.0694. The van der Waals surface area contributed by atoms with Crippen LogP contribution in [0.3, 0.4) is 0 Å². The Morgan fingerprint density at radius 1 is 1.29 bits per heavy atom. The number of pyridine rings is 1. The summed E-state index contributed by atoms with van der Waals surface area (Å²) in [5.41, 5.74) is 2.98. The summed E-state index contributed by atoms with van der Waals surface area (Å²) in [6.07, 6.45) is 10.0. The highest BCUT2D eigenvalue weighted by Crippen LogP contribution is 2.30. The average Bonchev–Trinajstić information content (AvgIpc) is 2.91. The predicted molar refractivity (Wildman–Crippen MR) is 84.5 cm³/mol. The fourth-order valence-corrected chi connectivity index (χ4v) is 3.20. The topological polar surface area (TPSA) is 39.0 Å². The van der Waals surface area contributed by atoms with Crippen molar-refractivity contribution in [2.24, 2.45) is 0 Å². The van der Waals surface area contributed by atoms with Crippen LogP contribution in [-0.4, -0.2) is 15.7 Å². The lowest BCUT2D eigenvalue weighted by Crippen LogP contribution is -2.23. The molecule has 2 heterocycles. The Balaban J connectivity index is 1.73. The second-order valence-electron chi connectivity index (χ2n) is 5.71. The molecule has 0 amide bonds. The van der Waals surface area contributed by atoms with E-state index in [1.807, 2.05) is 12.3 Å². The molecule has 0 bridgehead atoms. The van der Waals surface area contributed by atoms with Gasteiger partial charge in [-0.2, -0.15) is 0 Å². The van der Waals surface area contributed by atoms with E-state index in [1.165, 1.54) is 30.4 Å². The van der Waals surface area contributed by atoms with Crippen molar-refractivity contribution in [3.63, 3.8) is 0 Å². The predicted octanol–water partition coefficient (Wildman–Crippen LogP) is 2.34. The number of fused-ring (bicyclic) bond motifs is 1. The number of nitrogens with one attached hydrogen (secondary N) is 1. The molecule has 0 aromatic carbocycles. The van der Waals surface area contributed by atoms with E-state index >= 15 is 0 Å². The highest BCUT2D eigenvalue weighted by Gasteiger charge is 2.20. The van der Waals surface area contributed by atoms with Gasteiger partial charge in [0, 0.05) is 43.8 Å². The Labute approximate surface area is 125 Å². The first-order chi connectivity index (χ1) is 10.3. The average molecular weight is 285 g/mol. The van der Waals surface area contributed by atoms with E-state index in [-0.39, 0.29) is 5.56 Å². The SMILES string of the molecule is CCNC1CCCc2cn(CCn3ccccc3=O)cc21. The third-order valence-corrected chi connectivity index (χ3v) is 4.26. The Morgan fingerprint density at radius 2 is 2.19 bits per heavy atom. The molecule has 21 heavy (non-hydrogen) atoms. The molecular formula is C17H23N3O. The van der Waals surface area contributed by atoms with E-state index in [4.69, 9.17) is 0 Å². The first-order valence-electron chi connectivity index (χ1n) is 7.85. The minimum Gasteiger partial charge on any atom is -0.352 e. The van der Waals surface area contributed by atoms with Crippen molar-refractivity contribution in [1.82, 2.24) is 14.5 Å². The van der Waals surface area contributed by atoms with Crippen LogP contribution in [0.2, 0.25) is 0 Å². The van der Waals surface area contributed by atoms with Crippen molar-refractivity contribution in [1.29, 1.82) is 0 Å². The van der Waals surface area contributed by atoms with Gasteiger partial charge in [0.15, 0.2) is 0 Å². The molecule has 4 heteroatoms. The van der Waals surface area contributed by atoms with Crippen molar-refractivity contribution in [2.45, 2.75) is 45.3 Å². The van der Waals surface area contributed by atoms with Crippen molar-refractivity contribution >= 4 is 0 Å². The van der Waals surface area contributed by atoms with E-state index in [1.54, 1.807) is 16.7 Å². The maximum absolute atomic E-state index is 11.7. The lowest BCUT2D eigenvalue weighted by molar-refractivity contribution is 0.473. The molecule has 0 saturated carbocycles. The highest BCUT2D eigenvalue weighted by atomic mass is 16.1. The molecule has 0 spiro atoms. The number of nitrogens with zero attached hydrogens (tertiary/aromatic N) is 2. The molecule has 1 aliphatic rings. The monoisotopic (exact) mass is 285 g/mol. The Bertz CT molecular complexity index is 656. The van der Waals surface area contributed by atoms with Crippen LogP contribution in [0, 0.1) is 0 Å². The Morgan fingerprint density at radius 3 is 3.00 bits per heavy atom. The molecule has 4 nitrogen and oxygen atoms in total. The van der Waals surface area contributed by atoms with Crippen molar-refractivity contribution in [2.75, 3.05) is 6.54 Å². The molecule has 2 aromatic heterocycles. The molecule has 1 N–H and O–H groups in total. The summed E-state index contributed by atoms with van der Waals surface area (Å²) in [6.45, 7) is 4.73. The first kappa shape index (κ1) is 14.1. The quantitative estimate of drug-likeness (QED) is 0.916. The van der Waals surface area contributed by atoms with Gasteiger partial charge in [-0.25, -0.2) is 0 Å². The standard InChI is InChI=1S/C17H23N3O/c1-2-18-16-7-5-6-14-12-19(13-15(14)16)10-11-20-9-4-3-8-17(20)21/h3-4,8-9,12-13,16,18H,2,5-7,10-11H2,1H3. The van der Waals surface area contributed by atoms with Crippen LogP contribution in [-0.2, 0) is 19.5 Å². The number of aryl methyl sites for hydroxylation is 3. The normalized spacial score (nSPS) is 17.7. The number of rotatable bonds is 5. The maximum Gasteiger partial charge on any atom is 0.250 e. The van der Waals surface area contributed by atoms with E-state index < -0.39 is 0 Å². The van der Waals surface area contributed by atoms with Crippen molar-refractivity contribution in [3.8, 4) is 0 Å².